The van der Waals surface area contributed by atoms with Gasteiger partial charge in [0.15, 0.2) is 0 Å². The van der Waals surface area contributed by atoms with E-state index in [4.69, 9.17) is 14.2 Å². The van der Waals surface area contributed by atoms with Crippen LogP contribution in [0.2, 0.25) is 0 Å². The Morgan fingerprint density at radius 2 is 1.42 bits per heavy atom. The first kappa shape index (κ1) is 29.9. The van der Waals surface area contributed by atoms with E-state index < -0.39 is 0 Å². The summed E-state index contributed by atoms with van der Waals surface area (Å²) in [5, 5.41) is 0. The van der Waals surface area contributed by atoms with Gasteiger partial charge in [-0.2, -0.15) is 0 Å². The summed E-state index contributed by atoms with van der Waals surface area (Å²) in [5.74, 6) is 1.87. The number of rotatable bonds is 12. The van der Waals surface area contributed by atoms with E-state index >= 15 is 0 Å². The van der Waals surface area contributed by atoms with Crippen molar-refractivity contribution >= 4 is 11.5 Å². The monoisotopic (exact) mass is 576 g/mol. The maximum atomic E-state index is 14.2. The van der Waals surface area contributed by atoms with Crippen molar-refractivity contribution in [3.8, 4) is 17.2 Å². The maximum Gasteiger partial charge on any atom is 0.258 e. The second kappa shape index (κ2) is 13.6. The SMILES string of the molecule is C=C(C)c1cc(C(=O)N2Cc3cc(OCCN(C)C)cc(C)c3C2)c(OCc2ccccc2)cc1OCc1ccccc1. The summed E-state index contributed by atoms with van der Waals surface area (Å²) in [7, 11) is 4.06. The Hall–Kier alpha value is -4.55. The minimum absolute atomic E-state index is 0.0918. The third-order valence-corrected chi connectivity index (χ3v) is 7.59. The largest absolute Gasteiger partial charge is 0.492 e. The van der Waals surface area contributed by atoms with Crippen LogP contribution in [0.3, 0.4) is 0 Å². The van der Waals surface area contributed by atoms with Crippen LogP contribution in [0, 0.1) is 6.92 Å². The van der Waals surface area contributed by atoms with Gasteiger partial charge in [-0.15, -0.1) is 0 Å². The molecule has 1 heterocycles. The fourth-order valence-electron chi connectivity index (χ4n) is 5.19. The number of likely N-dealkylation sites (N-methyl/N-ethyl adjacent to an activating group) is 1. The molecule has 6 nitrogen and oxygen atoms in total. The van der Waals surface area contributed by atoms with E-state index in [2.05, 4.69) is 30.5 Å². The van der Waals surface area contributed by atoms with Crippen LogP contribution in [0.5, 0.6) is 17.2 Å². The third kappa shape index (κ3) is 7.46. The molecule has 0 bridgehead atoms. The van der Waals surface area contributed by atoms with Gasteiger partial charge >= 0.3 is 0 Å². The molecule has 0 atom stereocenters. The summed E-state index contributed by atoms with van der Waals surface area (Å²) in [5.41, 5.74) is 7.57. The molecule has 0 radical (unpaired) electrons. The summed E-state index contributed by atoms with van der Waals surface area (Å²) in [6.45, 7) is 11.4. The Labute approximate surface area is 255 Å². The van der Waals surface area contributed by atoms with Crippen LogP contribution >= 0.6 is 0 Å². The lowest BCUT2D eigenvalue weighted by Crippen LogP contribution is -2.26. The van der Waals surface area contributed by atoms with E-state index in [0.29, 0.717) is 50.0 Å². The summed E-state index contributed by atoms with van der Waals surface area (Å²) >= 11 is 0. The molecule has 4 aromatic rings. The number of nitrogens with zero attached hydrogens (tertiary/aromatic N) is 2. The number of aryl methyl sites for hydroxylation is 1. The van der Waals surface area contributed by atoms with Crippen LogP contribution < -0.4 is 14.2 Å². The fraction of sp³-hybridized carbons (Fsp3) is 0.270. The molecule has 0 saturated carbocycles. The average Bonchev–Trinajstić information content (AvgIpc) is 3.44. The van der Waals surface area contributed by atoms with Gasteiger partial charge < -0.3 is 24.0 Å². The molecule has 222 valence electrons. The highest BCUT2D eigenvalue weighted by molar-refractivity contribution is 5.98. The molecule has 0 N–H and O–H groups in total. The van der Waals surface area contributed by atoms with Gasteiger partial charge in [0.1, 0.15) is 37.1 Å². The van der Waals surface area contributed by atoms with Crippen LogP contribution in [0.4, 0.5) is 0 Å². The zero-order chi connectivity index (χ0) is 30.3. The predicted molar refractivity (Wildman–Crippen MR) is 172 cm³/mol. The molecule has 6 heteroatoms. The molecular weight excluding hydrogens is 536 g/mol. The minimum atomic E-state index is -0.0918. The van der Waals surface area contributed by atoms with Crippen molar-refractivity contribution in [2.24, 2.45) is 0 Å². The van der Waals surface area contributed by atoms with E-state index in [-0.39, 0.29) is 5.91 Å². The number of hydrogen-bond acceptors (Lipinski definition) is 5. The van der Waals surface area contributed by atoms with Crippen molar-refractivity contribution in [1.82, 2.24) is 9.80 Å². The van der Waals surface area contributed by atoms with E-state index in [1.54, 1.807) is 0 Å². The smallest absolute Gasteiger partial charge is 0.258 e. The number of hydrogen-bond donors (Lipinski definition) is 0. The van der Waals surface area contributed by atoms with Crippen LogP contribution in [-0.4, -0.2) is 43.0 Å². The van der Waals surface area contributed by atoms with Crippen LogP contribution in [0.1, 0.15) is 50.7 Å². The number of allylic oxidation sites excluding steroid dienone is 1. The van der Waals surface area contributed by atoms with Gasteiger partial charge in [-0.05, 0) is 79.5 Å². The summed E-state index contributed by atoms with van der Waals surface area (Å²) in [6.07, 6.45) is 0. The van der Waals surface area contributed by atoms with Crippen LogP contribution in [0.25, 0.3) is 5.57 Å². The van der Waals surface area contributed by atoms with Gasteiger partial charge in [0, 0.05) is 31.3 Å². The number of ether oxygens (including phenoxy) is 3. The predicted octanol–water partition coefficient (Wildman–Crippen LogP) is 7.28. The topological polar surface area (TPSA) is 51.2 Å². The molecule has 0 spiro atoms. The second-order valence-electron chi connectivity index (χ2n) is 11.4. The van der Waals surface area contributed by atoms with Gasteiger partial charge in [-0.3, -0.25) is 4.79 Å². The quantitative estimate of drug-likeness (QED) is 0.177. The van der Waals surface area contributed by atoms with Crippen molar-refractivity contribution in [2.45, 2.75) is 40.2 Å². The van der Waals surface area contributed by atoms with E-state index in [1.807, 2.05) is 98.7 Å². The van der Waals surface area contributed by atoms with Crippen molar-refractivity contribution in [3.05, 3.63) is 130 Å². The number of carbonyl (C=O) groups excluding carboxylic acids is 1. The summed E-state index contributed by atoms with van der Waals surface area (Å²) in [6, 6.07) is 27.8. The number of carbonyl (C=O) groups is 1. The van der Waals surface area contributed by atoms with E-state index in [9.17, 15) is 4.79 Å². The zero-order valence-electron chi connectivity index (χ0n) is 25.6. The zero-order valence-corrected chi connectivity index (χ0v) is 25.6. The van der Waals surface area contributed by atoms with Gasteiger partial charge in [-0.1, -0.05) is 67.2 Å². The third-order valence-electron chi connectivity index (χ3n) is 7.59. The molecule has 0 fully saturated rings. The standard InChI is InChI=1S/C37H40N2O4/c1-26(2)32-20-33(37(40)39-22-30-19-31(41-17-16-38(4)5)18-27(3)34(30)23-39)36(43-25-29-14-10-7-11-15-29)21-35(32)42-24-28-12-8-6-9-13-28/h6-15,18-21H,1,16-17,22-25H2,2-5H3. The molecule has 5 rings (SSSR count). The molecule has 1 aliphatic rings. The lowest BCUT2D eigenvalue weighted by Gasteiger charge is -2.21. The van der Waals surface area contributed by atoms with Gasteiger partial charge in [0.2, 0.25) is 0 Å². The number of amides is 1. The first-order valence-electron chi connectivity index (χ1n) is 14.6. The molecular formula is C37H40N2O4. The Morgan fingerprint density at radius 1 is 0.814 bits per heavy atom. The lowest BCUT2D eigenvalue weighted by molar-refractivity contribution is 0.0746. The summed E-state index contributed by atoms with van der Waals surface area (Å²) < 4.78 is 18.6. The highest BCUT2D eigenvalue weighted by Crippen LogP contribution is 2.37. The van der Waals surface area contributed by atoms with Crippen LogP contribution in [-0.2, 0) is 26.3 Å². The van der Waals surface area contributed by atoms with E-state index in [0.717, 1.165) is 45.7 Å². The number of fused-ring (bicyclic) bond motifs is 1. The van der Waals surface area contributed by atoms with Crippen LogP contribution in [0.15, 0.2) is 91.5 Å². The molecule has 1 amide bonds. The second-order valence-corrected chi connectivity index (χ2v) is 11.4. The van der Waals surface area contributed by atoms with Crippen molar-refractivity contribution in [2.75, 3.05) is 27.2 Å². The Kier molecular flexibility index (Phi) is 9.48. The lowest BCUT2D eigenvalue weighted by atomic mass is 10.0. The van der Waals surface area contributed by atoms with Crippen molar-refractivity contribution < 1.29 is 19.0 Å². The minimum Gasteiger partial charge on any atom is -0.492 e. The number of benzene rings is 4. The molecule has 0 aromatic heterocycles. The first-order valence-corrected chi connectivity index (χ1v) is 14.6. The molecule has 43 heavy (non-hydrogen) atoms. The first-order chi connectivity index (χ1) is 20.8. The van der Waals surface area contributed by atoms with Gasteiger partial charge in [-0.25, -0.2) is 0 Å². The maximum absolute atomic E-state index is 14.2. The molecule has 0 saturated heterocycles. The fourth-order valence-corrected chi connectivity index (χ4v) is 5.19. The molecule has 1 aliphatic heterocycles. The highest BCUT2D eigenvalue weighted by atomic mass is 16.5. The Balaban J connectivity index is 1.43. The average molecular weight is 577 g/mol. The highest BCUT2D eigenvalue weighted by Gasteiger charge is 2.29. The molecule has 0 aliphatic carbocycles. The molecule has 0 unspecified atom stereocenters. The van der Waals surface area contributed by atoms with Crippen molar-refractivity contribution in [3.63, 3.8) is 0 Å². The van der Waals surface area contributed by atoms with Gasteiger partial charge in [0.05, 0.1) is 5.56 Å². The van der Waals surface area contributed by atoms with E-state index in [1.165, 1.54) is 5.56 Å². The molecule has 4 aromatic carbocycles. The Morgan fingerprint density at radius 3 is 2.00 bits per heavy atom. The normalized spacial score (nSPS) is 12.3. The van der Waals surface area contributed by atoms with Crippen molar-refractivity contribution in [1.29, 1.82) is 0 Å². The van der Waals surface area contributed by atoms with Gasteiger partial charge in [0.25, 0.3) is 5.91 Å². The summed E-state index contributed by atoms with van der Waals surface area (Å²) in [4.78, 5) is 18.2. The Bertz CT molecular complexity index is 1580.